The molecule has 3 aromatic rings. The second-order valence-corrected chi connectivity index (χ2v) is 9.20. The van der Waals surface area contributed by atoms with Crippen molar-refractivity contribution in [2.24, 2.45) is 7.05 Å². The molecule has 3 heterocycles. The minimum atomic E-state index is -4.87. The fourth-order valence-electron chi connectivity index (χ4n) is 4.22. The molecule has 4 rings (SSSR count). The van der Waals surface area contributed by atoms with Crippen LogP contribution >= 0.6 is 12.2 Å². The van der Waals surface area contributed by atoms with E-state index < -0.39 is 29.2 Å². The van der Waals surface area contributed by atoms with Crippen LogP contribution in [0.3, 0.4) is 0 Å². The van der Waals surface area contributed by atoms with E-state index in [-0.39, 0.29) is 29.6 Å². The van der Waals surface area contributed by atoms with Crippen LogP contribution in [0.4, 0.5) is 28.9 Å². The molecule has 2 aromatic heterocycles. The maximum absolute atomic E-state index is 15.0. The number of anilines is 2. The molecule has 0 radical (unpaired) electrons. The molecule has 1 aliphatic heterocycles. The summed E-state index contributed by atoms with van der Waals surface area (Å²) in [5.41, 5.74) is -1.08. The zero-order chi connectivity index (χ0) is 28.2. The zero-order valence-electron chi connectivity index (χ0n) is 20.9. The monoisotopic (exact) mass is 560 g/mol. The average Bonchev–Trinajstić information content (AvgIpc) is 3.32. The molecule has 1 aromatic carbocycles. The summed E-state index contributed by atoms with van der Waals surface area (Å²) in [5.74, 6) is -1.16. The van der Waals surface area contributed by atoms with Crippen LogP contribution in [0.1, 0.15) is 42.6 Å². The summed E-state index contributed by atoms with van der Waals surface area (Å²) in [6.45, 7) is 0.520. The molecular weight excluding hydrogens is 536 g/mol. The molecule has 0 aliphatic carbocycles. The fourth-order valence-corrected chi connectivity index (χ4v) is 4.62. The minimum absolute atomic E-state index is 0.0233. The SMILES string of the molecule is Cn1nccc1CCOc1ccc(N2CCCCCC(=O)N(c3cnc(C#N)c(C(F)(F)F)c3)C2=S)cc1F. The van der Waals surface area contributed by atoms with Crippen molar-refractivity contribution < 1.29 is 27.1 Å². The van der Waals surface area contributed by atoms with E-state index in [1.165, 1.54) is 23.1 Å². The van der Waals surface area contributed by atoms with Crippen LogP contribution < -0.4 is 14.5 Å². The Kier molecular flexibility index (Phi) is 8.44. The van der Waals surface area contributed by atoms with Crippen LogP contribution in [0.5, 0.6) is 5.75 Å². The van der Waals surface area contributed by atoms with Crippen LogP contribution in [0.25, 0.3) is 0 Å². The molecule has 204 valence electrons. The molecule has 1 fully saturated rings. The highest BCUT2D eigenvalue weighted by atomic mass is 32.1. The lowest BCUT2D eigenvalue weighted by molar-refractivity contribution is -0.138. The number of aromatic nitrogens is 3. The van der Waals surface area contributed by atoms with Crippen LogP contribution in [0.2, 0.25) is 0 Å². The second kappa shape index (κ2) is 11.8. The predicted molar refractivity (Wildman–Crippen MR) is 139 cm³/mol. The Morgan fingerprint density at radius 1 is 1.15 bits per heavy atom. The Morgan fingerprint density at radius 2 is 1.95 bits per heavy atom. The molecule has 0 spiro atoms. The molecule has 8 nitrogen and oxygen atoms in total. The van der Waals surface area contributed by atoms with Crippen molar-refractivity contribution in [3.8, 4) is 11.8 Å². The van der Waals surface area contributed by atoms with Gasteiger partial charge in [0.1, 0.15) is 6.07 Å². The molecule has 0 atom stereocenters. The van der Waals surface area contributed by atoms with Gasteiger partial charge >= 0.3 is 6.18 Å². The zero-order valence-corrected chi connectivity index (χ0v) is 21.7. The number of rotatable bonds is 6. The largest absolute Gasteiger partial charge is 0.490 e. The van der Waals surface area contributed by atoms with E-state index in [0.29, 0.717) is 44.0 Å². The molecule has 0 saturated carbocycles. The highest BCUT2D eigenvalue weighted by Gasteiger charge is 2.36. The van der Waals surface area contributed by atoms with Gasteiger partial charge in [0.2, 0.25) is 5.91 Å². The number of halogens is 4. The molecule has 0 unspecified atom stereocenters. The van der Waals surface area contributed by atoms with E-state index in [1.54, 1.807) is 24.0 Å². The number of amides is 1. The second-order valence-electron chi connectivity index (χ2n) is 8.83. The van der Waals surface area contributed by atoms with Gasteiger partial charge in [0.05, 0.1) is 24.1 Å². The Hall–Kier alpha value is -4.05. The Morgan fingerprint density at radius 3 is 2.62 bits per heavy atom. The summed E-state index contributed by atoms with van der Waals surface area (Å²) >= 11 is 5.59. The van der Waals surface area contributed by atoms with Gasteiger partial charge in [-0.2, -0.15) is 23.5 Å². The van der Waals surface area contributed by atoms with Gasteiger partial charge in [0, 0.05) is 50.1 Å². The number of carbonyl (C=O) groups excluding carboxylic acids is 1. The van der Waals surface area contributed by atoms with Crippen molar-refractivity contribution in [2.45, 2.75) is 38.3 Å². The summed E-state index contributed by atoms with van der Waals surface area (Å²) < 4.78 is 63.2. The maximum atomic E-state index is 15.0. The highest BCUT2D eigenvalue weighted by molar-refractivity contribution is 7.81. The number of ether oxygens (including phenoxy) is 1. The Labute approximate surface area is 227 Å². The molecule has 13 heteroatoms. The highest BCUT2D eigenvalue weighted by Crippen LogP contribution is 2.35. The number of pyridine rings is 1. The number of thiocarbonyl (C=S) groups is 1. The van der Waals surface area contributed by atoms with Crippen molar-refractivity contribution >= 4 is 34.6 Å². The van der Waals surface area contributed by atoms with Crippen molar-refractivity contribution in [1.82, 2.24) is 14.8 Å². The molecule has 0 N–H and O–H groups in total. The van der Waals surface area contributed by atoms with Gasteiger partial charge < -0.3 is 9.64 Å². The summed E-state index contributed by atoms with van der Waals surface area (Å²) in [6, 6.07) is 8.18. The van der Waals surface area contributed by atoms with Gasteiger partial charge in [0.15, 0.2) is 22.4 Å². The van der Waals surface area contributed by atoms with E-state index in [1.807, 2.05) is 6.07 Å². The van der Waals surface area contributed by atoms with Crippen LogP contribution in [0.15, 0.2) is 42.7 Å². The standard InChI is InChI=1S/C26H24F4N6O2S/c1-34-17(8-10-33-34)9-12-38-23-7-6-18(14-21(23)27)35-11-4-2-3-5-24(37)36(25(35)39)19-13-20(26(28,29)30)22(15-31)32-16-19/h6-8,10,13-14,16H,2-5,9,11-12H2,1H3. The van der Waals surface area contributed by atoms with Crippen molar-refractivity contribution in [1.29, 1.82) is 5.26 Å². The van der Waals surface area contributed by atoms with Crippen LogP contribution in [-0.4, -0.2) is 38.9 Å². The van der Waals surface area contributed by atoms with E-state index in [0.717, 1.165) is 16.8 Å². The van der Waals surface area contributed by atoms with E-state index in [4.69, 9.17) is 22.2 Å². The van der Waals surface area contributed by atoms with Crippen molar-refractivity contribution in [3.05, 3.63) is 65.5 Å². The predicted octanol–water partition coefficient (Wildman–Crippen LogP) is 5.16. The Balaban J connectivity index is 1.62. The maximum Gasteiger partial charge on any atom is 0.419 e. The van der Waals surface area contributed by atoms with Gasteiger partial charge in [-0.05, 0) is 49.3 Å². The minimum Gasteiger partial charge on any atom is -0.490 e. The lowest BCUT2D eigenvalue weighted by Gasteiger charge is -2.32. The molecule has 0 bridgehead atoms. The summed E-state index contributed by atoms with van der Waals surface area (Å²) in [5, 5.41) is 13.0. The van der Waals surface area contributed by atoms with Gasteiger partial charge in [-0.15, -0.1) is 0 Å². The number of benzene rings is 1. The first-order chi connectivity index (χ1) is 18.6. The quantitative estimate of drug-likeness (QED) is 0.304. The average molecular weight is 561 g/mol. The number of carbonyl (C=O) groups is 1. The topological polar surface area (TPSA) is 87.3 Å². The lowest BCUT2D eigenvalue weighted by Crippen LogP contribution is -2.46. The third kappa shape index (κ3) is 6.34. The van der Waals surface area contributed by atoms with Crippen LogP contribution in [-0.2, 0) is 24.4 Å². The summed E-state index contributed by atoms with van der Waals surface area (Å²) in [6.07, 6.45) is 0.143. The van der Waals surface area contributed by atoms with E-state index in [2.05, 4.69) is 10.1 Å². The van der Waals surface area contributed by atoms with Gasteiger partial charge in [-0.1, -0.05) is 6.42 Å². The summed E-state index contributed by atoms with van der Waals surface area (Å²) in [4.78, 5) is 19.2. The van der Waals surface area contributed by atoms with E-state index >= 15 is 4.39 Å². The first-order valence-electron chi connectivity index (χ1n) is 12.1. The molecule has 1 aliphatic rings. The number of hydrogen-bond acceptors (Lipinski definition) is 6. The third-order valence-corrected chi connectivity index (χ3v) is 6.66. The van der Waals surface area contributed by atoms with Gasteiger partial charge in [0.25, 0.3) is 0 Å². The third-order valence-electron chi connectivity index (χ3n) is 6.25. The lowest BCUT2D eigenvalue weighted by atomic mass is 10.1. The normalized spacial score (nSPS) is 15.0. The molecule has 39 heavy (non-hydrogen) atoms. The smallest absolute Gasteiger partial charge is 0.419 e. The van der Waals surface area contributed by atoms with Gasteiger partial charge in [-0.25, -0.2) is 9.37 Å². The van der Waals surface area contributed by atoms with Gasteiger partial charge in [-0.3, -0.25) is 14.4 Å². The Bertz CT molecular complexity index is 1420. The fraction of sp³-hybridized carbons (Fsp3) is 0.346. The number of nitrogens with zero attached hydrogens (tertiary/aromatic N) is 6. The number of alkyl halides is 3. The number of nitriles is 1. The summed E-state index contributed by atoms with van der Waals surface area (Å²) in [7, 11) is 1.80. The van der Waals surface area contributed by atoms with Crippen LogP contribution in [0, 0.1) is 17.1 Å². The van der Waals surface area contributed by atoms with Crippen molar-refractivity contribution in [2.75, 3.05) is 23.0 Å². The number of hydrogen-bond donors (Lipinski definition) is 0. The molecule has 1 saturated heterocycles. The molecular formula is C26H24F4N6O2S. The molecule has 1 amide bonds. The van der Waals surface area contributed by atoms with E-state index in [9.17, 15) is 18.0 Å². The first kappa shape index (κ1) is 28.0. The van der Waals surface area contributed by atoms with Crippen molar-refractivity contribution in [3.63, 3.8) is 0 Å². The first-order valence-corrected chi connectivity index (χ1v) is 12.5. The number of aryl methyl sites for hydroxylation is 1.